The topological polar surface area (TPSA) is 41.1 Å². The number of nitrogens with one attached hydrogen (secondary N) is 2. The molecule has 1 rings (SSSR count). The van der Waals surface area contributed by atoms with Crippen molar-refractivity contribution in [3.8, 4) is 0 Å². The standard InChI is InChI=1S/C10H20N2OS/c1-8(2)4-3-5-11-10(13)9-6-14-7-12-9/h8-9,12H,3-7H2,1-2H3,(H,11,13). The molecule has 0 spiro atoms. The molecule has 0 saturated carbocycles. The van der Waals surface area contributed by atoms with E-state index >= 15 is 0 Å². The minimum absolute atomic E-state index is 0.0408. The van der Waals surface area contributed by atoms with Crippen LogP contribution in [0.4, 0.5) is 0 Å². The largest absolute Gasteiger partial charge is 0.355 e. The molecule has 82 valence electrons. The van der Waals surface area contributed by atoms with Crippen molar-refractivity contribution in [1.82, 2.24) is 10.6 Å². The van der Waals surface area contributed by atoms with Gasteiger partial charge in [0.15, 0.2) is 0 Å². The van der Waals surface area contributed by atoms with Crippen molar-refractivity contribution in [3.63, 3.8) is 0 Å². The normalized spacial score (nSPS) is 21.5. The first-order valence-corrected chi connectivity index (χ1v) is 6.44. The zero-order valence-corrected chi connectivity index (χ0v) is 9.82. The second-order valence-corrected chi connectivity index (χ2v) is 5.13. The van der Waals surface area contributed by atoms with Crippen LogP contribution in [0, 0.1) is 5.92 Å². The first-order chi connectivity index (χ1) is 6.70. The summed E-state index contributed by atoms with van der Waals surface area (Å²) < 4.78 is 0. The van der Waals surface area contributed by atoms with Crippen LogP contribution in [0.3, 0.4) is 0 Å². The molecule has 1 amide bonds. The highest BCUT2D eigenvalue weighted by molar-refractivity contribution is 7.99. The van der Waals surface area contributed by atoms with Gasteiger partial charge in [-0.15, -0.1) is 11.8 Å². The lowest BCUT2D eigenvalue weighted by Crippen LogP contribution is -2.42. The maximum absolute atomic E-state index is 11.5. The summed E-state index contributed by atoms with van der Waals surface area (Å²) >= 11 is 1.78. The third kappa shape index (κ3) is 4.33. The lowest BCUT2D eigenvalue weighted by atomic mass is 10.1. The highest BCUT2D eigenvalue weighted by atomic mass is 32.2. The van der Waals surface area contributed by atoms with Crippen LogP contribution in [0.15, 0.2) is 0 Å². The van der Waals surface area contributed by atoms with Gasteiger partial charge < -0.3 is 5.32 Å². The molecule has 0 radical (unpaired) electrons. The minimum Gasteiger partial charge on any atom is -0.355 e. The lowest BCUT2D eigenvalue weighted by Gasteiger charge is -2.10. The summed E-state index contributed by atoms with van der Waals surface area (Å²) in [5.41, 5.74) is 0. The van der Waals surface area contributed by atoms with Gasteiger partial charge in [0, 0.05) is 18.2 Å². The predicted octanol–water partition coefficient (Wildman–Crippen LogP) is 1.20. The van der Waals surface area contributed by atoms with E-state index in [2.05, 4.69) is 24.5 Å². The van der Waals surface area contributed by atoms with Gasteiger partial charge in [0.1, 0.15) is 0 Å². The zero-order chi connectivity index (χ0) is 10.4. The summed E-state index contributed by atoms with van der Waals surface area (Å²) in [6, 6.07) is 0.0408. The summed E-state index contributed by atoms with van der Waals surface area (Å²) in [5.74, 6) is 2.71. The van der Waals surface area contributed by atoms with Crippen molar-refractivity contribution < 1.29 is 4.79 Å². The van der Waals surface area contributed by atoms with Gasteiger partial charge in [0.25, 0.3) is 0 Å². The molecule has 1 unspecified atom stereocenters. The van der Waals surface area contributed by atoms with Crippen molar-refractivity contribution in [3.05, 3.63) is 0 Å². The van der Waals surface area contributed by atoms with Crippen LogP contribution in [0.1, 0.15) is 26.7 Å². The van der Waals surface area contributed by atoms with Gasteiger partial charge in [-0.3, -0.25) is 10.1 Å². The SMILES string of the molecule is CC(C)CCCNC(=O)C1CSCN1. The molecule has 0 aliphatic carbocycles. The fourth-order valence-corrected chi connectivity index (χ4v) is 2.35. The Morgan fingerprint density at radius 1 is 1.64 bits per heavy atom. The van der Waals surface area contributed by atoms with Crippen LogP contribution in [-0.2, 0) is 4.79 Å². The molecule has 1 fully saturated rings. The fraction of sp³-hybridized carbons (Fsp3) is 0.900. The Balaban J connectivity index is 2.03. The summed E-state index contributed by atoms with van der Waals surface area (Å²) in [7, 11) is 0. The Hall–Kier alpha value is -0.220. The third-order valence-electron chi connectivity index (χ3n) is 2.29. The molecule has 1 aliphatic heterocycles. The maximum atomic E-state index is 11.5. The van der Waals surface area contributed by atoms with Crippen LogP contribution in [0.25, 0.3) is 0 Å². The predicted molar refractivity (Wildman–Crippen MR) is 61.3 cm³/mol. The average molecular weight is 216 g/mol. The highest BCUT2D eigenvalue weighted by Crippen LogP contribution is 2.09. The number of rotatable bonds is 5. The van der Waals surface area contributed by atoms with Crippen LogP contribution in [0.2, 0.25) is 0 Å². The van der Waals surface area contributed by atoms with E-state index in [0.29, 0.717) is 0 Å². The number of carbonyl (C=O) groups excluding carboxylic acids is 1. The Morgan fingerprint density at radius 3 is 3.00 bits per heavy atom. The van der Waals surface area contributed by atoms with E-state index in [1.54, 1.807) is 11.8 Å². The molecule has 0 aromatic carbocycles. The van der Waals surface area contributed by atoms with Crippen LogP contribution >= 0.6 is 11.8 Å². The van der Waals surface area contributed by atoms with Crippen molar-refractivity contribution in [2.75, 3.05) is 18.2 Å². The smallest absolute Gasteiger partial charge is 0.238 e. The first kappa shape index (κ1) is 11.9. The molecule has 2 N–H and O–H groups in total. The summed E-state index contributed by atoms with van der Waals surface area (Å²) in [4.78, 5) is 11.5. The number of carbonyl (C=O) groups is 1. The van der Waals surface area contributed by atoms with E-state index < -0.39 is 0 Å². The van der Waals surface area contributed by atoms with Gasteiger partial charge in [0.2, 0.25) is 5.91 Å². The van der Waals surface area contributed by atoms with Crippen LogP contribution in [0.5, 0.6) is 0 Å². The molecule has 0 aromatic rings. The molecule has 3 nitrogen and oxygen atoms in total. The molecule has 14 heavy (non-hydrogen) atoms. The number of hydrogen-bond donors (Lipinski definition) is 2. The average Bonchev–Trinajstić information content (AvgIpc) is 2.64. The number of amides is 1. The summed E-state index contributed by atoms with van der Waals surface area (Å²) in [6.07, 6.45) is 2.27. The Labute approximate surface area is 90.4 Å². The molecular formula is C10H20N2OS. The molecule has 0 bridgehead atoms. The minimum atomic E-state index is 0.0408. The van der Waals surface area contributed by atoms with Gasteiger partial charge >= 0.3 is 0 Å². The molecule has 1 heterocycles. The quantitative estimate of drug-likeness (QED) is 0.679. The van der Waals surface area contributed by atoms with E-state index in [4.69, 9.17) is 0 Å². The van der Waals surface area contributed by atoms with Gasteiger partial charge in [0.05, 0.1) is 6.04 Å². The number of hydrogen-bond acceptors (Lipinski definition) is 3. The van der Waals surface area contributed by atoms with E-state index in [1.807, 2.05) is 0 Å². The van der Waals surface area contributed by atoms with Crippen molar-refractivity contribution in [2.24, 2.45) is 5.92 Å². The summed E-state index contributed by atoms with van der Waals surface area (Å²) in [6.45, 7) is 5.23. The van der Waals surface area contributed by atoms with Gasteiger partial charge in [-0.05, 0) is 18.8 Å². The summed E-state index contributed by atoms with van der Waals surface area (Å²) in [5, 5.41) is 6.12. The van der Waals surface area contributed by atoms with Crippen molar-refractivity contribution in [1.29, 1.82) is 0 Å². The monoisotopic (exact) mass is 216 g/mol. The van der Waals surface area contributed by atoms with Gasteiger partial charge in [-0.25, -0.2) is 0 Å². The van der Waals surface area contributed by atoms with E-state index in [1.165, 1.54) is 6.42 Å². The Kier molecular flexibility index (Phi) is 5.33. The molecule has 4 heteroatoms. The van der Waals surface area contributed by atoms with E-state index in [9.17, 15) is 4.79 Å². The molecule has 1 aliphatic rings. The Morgan fingerprint density at radius 2 is 2.43 bits per heavy atom. The second kappa shape index (κ2) is 6.30. The van der Waals surface area contributed by atoms with Crippen molar-refractivity contribution in [2.45, 2.75) is 32.7 Å². The zero-order valence-electron chi connectivity index (χ0n) is 9.01. The van der Waals surface area contributed by atoms with Gasteiger partial charge in [-0.2, -0.15) is 0 Å². The molecular weight excluding hydrogens is 196 g/mol. The van der Waals surface area contributed by atoms with Crippen LogP contribution < -0.4 is 10.6 Å². The number of thioether (sulfide) groups is 1. The van der Waals surface area contributed by atoms with Crippen LogP contribution in [-0.4, -0.2) is 30.1 Å². The molecule has 1 saturated heterocycles. The van der Waals surface area contributed by atoms with Gasteiger partial charge in [-0.1, -0.05) is 13.8 Å². The van der Waals surface area contributed by atoms with E-state index in [0.717, 1.165) is 30.5 Å². The molecule has 0 aromatic heterocycles. The van der Waals surface area contributed by atoms with E-state index in [-0.39, 0.29) is 11.9 Å². The Bertz CT molecular complexity index is 179. The maximum Gasteiger partial charge on any atom is 0.238 e. The lowest BCUT2D eigenvalue weighted by molar-refractivity contribution is -0.122. The highest BCUT2D eigenvalue weighted by Gasteiger charge is 2.21. The molecule has 1 atom stereocenters. The van der Waals surface area contributed by atoms with Crippen molar-refractivity contribution >= 4 is 17.7 Å². The third-order valence-corrected chi connectivity index (χ3v) is 3.23. The fourth-order valence-electron chi connectivity index (χ4n) is 1.41. The first-order valence-electron chi connectivity index (χ1n) is 5.29. The second-order valence-electron chi connectivity index (χ2n) is 4.10.